The van der Waals surface area contributed by atoms with E-state index in [9.17, 15) is 5.11 Å². The van der Waals surface area contributed by atoms with E-state index in [1.807, 2.05) is 6.20 Å². The number of aliphatic hydroxyl groups excluding tert-OH is 1. The lowest BCUT2D eigenvalue weighted by atomic mass is 10.0. The maximum absolute atomic E-state index is 10.2. The molecule has 0 aliphatic carbocycles. The quantitative estimate of drug-likeness (QED) is 0.790. The number of benzene rings is 1. The lowest BCUT2D eigenvalue weighted by molar-refractivity contribution is 0.158. The number of hydrogen-bond acceptors (Lipinski definition) is 4. The highest BCUT2D eigenvalue weighted by Gasteiger charge is 2.26. The molecule has 0 saturated carbocycles. The second-order valence-electron chi connectivity index (χ2n) is 6.83. The zero-order valence-corrected chi connectivity index (χ0v) is 14.8. The Morgan fingerprint density at radius 2 is 2.08 bits per heavy atom. The first kappa shape index (κ1) is 17.0. The van der Waals surface area contributed by atoms with E-state index in [2.05, 4.69) is 43.2 Å². The molecular weight excluding hydrogens is 302 g/mol. The largest absolute Gasteiger partial charge is 0.488 e. The third-order valence-electron chi connectivity index (χ3n) is 4.78. The van der Waals surface area contributed by atoms with Crippen LogP contribution in [0, 0.1) is 13.8 Å². The fourth-order valence-corrected chi connectivity index (χ4v) is 3.30. The minimum atomic E-state index is -0.517. The van der Waals surface area contributed by atoms with Gasteiger partial charge >= 0.3 is 0 Å². The lowest BCUT2D eigenvalue weighted by Crippen LogP contribution is -2.21. The third-order valence-corrected chi connectivity index (χ3v) is 4.78. The Labute approximate surface area is 143 Å². The summed E-state index contributed by atoms with van der Waals surface area (Å²) in [7, 11) is 0. The minimum absolute atomic E-state index is 0.0755. The number of aromatic nitrogens is 3. The van der Waals surface area contributed by atoms with Crippen LogP contribution in [0.25, 0.3) is 0 Å². The van der Waals surface area contributed by atoms with Crippen LogP contribution in [-0.2, 0) is 13.0 Å². The highest BCUT2D eigenvalue weighted by Crippen LogP contribution is 2.35. The number of ether oxygens (including phenoxy) is 1. The molecule has 3 rings (SSSR count). The molecular formula is C19H27N3O2. The number of rotatable bonds is 7. The van der Waals surface area contributed by atoms with Gasteiger partial charge in [0, 0.05) is 12.0 Å². The first-order chi connectivity index (χ1) is 11.6. The average Bonchev–Trinajstić information content (AvgIpc) is 3.19. The monoisotopic (exact) mass is 329 g/mol. The summed E-state index contributed by atoms with van der Waals surface area (Å²) in [6, 6.07) is 4.26. The highest BCUT2D eigenvalue weighted by atomic mass is 16.5. The number of aliphatic hydroxyl groups is 1. The van der Waals surface area contributed by atoms with Crippen LogP contribution in [0.5, 0.6) is 5.75 Å². The summed E-state index contributed by atoms with van der Waals surface area (Å²) in [4.78, 5) is 0. The number of hydrogen-bond donors (Lipinski definition) is 1. The SMILES string of the molecule is CCCCCC(O)c1cn(CC2Cc3c(C)ccc(C)c3O2)nn1. The van der Waals surface area contributed by atoms with Crippen LogP contribution in [0.4, 0.5) is 0 Å². The van der Waals surface area contributed by atoms with Crippen molar-refractivity contribution in [3.63, 3.8) is 0 Å². The molecule has 0 amide bonds. The number of aryl methyl sites for hydroxylation is 2. The molecule has 1 aromatic heterocycles. The molecule has 2 unspecified atom stereocenters. The smallest absolute Gasteiger partial charge is 0.126 e. The Morgan fingerprint density at radius 1 is 1.29 bits per heavy atom. The van der Waals surface area contributed by atoms with E-state index in [1.54, 1.807) is 4.68 Å². The van der Waals surface area contributed by atoms with Crippen molar-refractivity contribution in [2.24, 2.45) is 0 Å². The number of fused-ring (bicyclic) bond motifs is 1. The molecule has 1 aliphatic rings. The molecule has 1 N–H and O–H groups in total. The van der Waals surface area contributed by atoms with E-state index in [1.165, 1.54) is 16.7 Å². The molecule has 2 atom stereocenters. The molecule has 2 aromatic rings. The Balaban J connectivity index is 1.60. The van der Waals surface area contributed by atoms with E-state index in [0.717, 1.165) is 37.9 Å². The van der Waals surface area contributed by atoms with Gasteiger partial charge in [-0.1, -0.05) is 43.5 Å². The molecule has 0 fully saturated rings. The van der Waals surface area contributed by atoms with E-state index in [-0.39, 0.29) is 6.10 Å². The first-order valence-corrected chi connectivity index (χ1v) is 8.92. The van der Waals surface area contributed by atoms with Crippen LogP contribution in [0.1, 0.15) is 61.1 Å². The summed E-state index contributed by atoms with van der Waals surface area (Å²) in [5.74, 6) is 1.03. The van der Waals surface area contributed by atoms with Crippen LogP contribution in [0.2, 0.25) is 0 Å². The fourth-order valence-electron chi connectivity index (χ4n) is 3.30. The Kier molecular flexibility index (Phi) is 5.19. The predicted molar refractivity (Wildman–Crippen MR) is 93.2 cm³/mol. The number of nitrogens with zero attached hydrogens (tertiary/aromatic N) is 3. The molecule has 130 valence electrons. The molecule has 1 aromatic carbocycles. The second kappa shape index (κ2) is 7.34. The van der Waals surface area contributed by atoms with Crippen molar-refractivity contribution in [3.05, 3.63) is 40.7 Å². The first-order valence-electron chi connectivity index (χ1n) is 8.92. The van der Waals surface area contributed by atoms with Crippen LogP contribution in [-0.4, -0.2) is 26.2 Å². The molecule has 5 heteroatoms. The van der Waals surface area contributed by atoms with Gasteiger partial charge in [-0.05, 0) is 31.4 Å². The van der Waals surface area contributed by atoms with Gasteiger partial charge in [0.25, 0.3) is 0 Å². The Hall–Kier alpha value is -1.88. The lowest BCUT2D eigenvalue weighted by Gasteiger charge is -2.11. The van der Waals surface area contributed by atoms with Gasteiger partial charge in [0.1, 0.15) is 17.5 Å². The topological polar surface area (TPSA) is 60.2 Å². The molecule has 0 radical (unpaired) electrons. The van der Waals surface area contributed by atoms with E-state index in [4.69, 9.17) is 4.74 Å². The summed E-state index contributed by atoms with van der Waals surface area (Å²) < 4.78 is 7.91. The zero-order chi connectivity index (χ0) is 17.1. The van der Waals surface area contributed by atoms with Gasteiger partial charge in [0.2, 0.25) is 0 Å². The maximum Gasteiger partial charge on any atom is 0.126 e. The van der Waals surface area contributed by atoms with Crippen molar-refractivity contribution >= 4 is 0 Å². The van der Waals surface area contributed by atoms with Crippen LogP contribution in [0.15, 0.2) is 18.3 Å². The van der Waals surface area contributed by atoms with Crippen LogP contribution in [0.3, 0.4) is 0 Å². The van der Waals surface area contributed by atoms with E-state index >= 15 is 0 Å². The van der Waals surface area contributed by atoms with Crippen LogP contribution >= 0.6 is 0 Å². The standard InChI is InChI=1S/C19H27N3O2/c1-4-5-6-7-18(23)17-12-22(21-20-17)11-15-10-16-13(2)8-9-14(3)19(16)24-15/h8-9,12,15,18,23H,4-7,10-11H2,1-3H3. The number of unbranched alkanes of at least 4 members (excludes halogenated alkanes) is 2. The van der Waals surface area contributed by atoms with Gasteiger partial charge in [-0.25, -0.2) is 4.68 Å². The Morgan fingerprint density at radius 3 is 2.83 bits per heavy atom. The summed E-state index contributed by atoms with van der Waals surface area (Å²) in [6.45, 7) is 7.03. The fraction of sp³-hybridized carbons (Fsp3) is 0.579. The van der Waals surface area contributed by atoms with E-state index < -0.39 is 6.10 Å². The van der Waals surface area contributed by atoms with Crippen molar-refractivity contribution < 1.29 is 9.84 Å². The van der Waals surface area contributed by atoms with Crippen molar-refractivity contribution in [3.8, 4) is 5.75 Å². The second-order valence-corrected chi connectivity index (χ2v) is 6.83. The van der Waals surface area contributed by atoms with Crippen molar-refractivity contribution in [2.75, 3.05) is 0 Å². The molecule has 24 heavy (non-hydrogen) atoms. The van der Waals surface area contributed by atoms with Crippen LogP contribution < -0.4 is 4.74 Å². The Bertz CT molecular complexity index is 665. The molecule has 0 bridgehead atoms. The average molecular weight is 329 g/mol. The predicted octanol–water partition coefficient (Wildman–Crippen LogP) is 3.51. The van der Waals surface area contributed by atoms with Crippen molar-refractivity contribution in [2.45, 2.75) is 71.6 Å². The maximum atomic E-state index is 10.2. The molecule has 0 spiro atoms. The summed E-state index contributed by atoms with van der Waals surface area (Å²) >= 11 is 0. The normalized spacial score (nSPS) is 17.6. The van der Waals surface area contributed by atoms with Crippen molar-refractivity contribution in [1.82, 2.24) is 15.0 Å². The summed E-state index contributed by atoms with van der Waals surface area (Å²) in [5, 5.41) is 18.5. The van der Waals surface area contributed by atoms with Gasteiger partial charge < -0.3 is 9.84 Å². The molecule has 2 heterocycles. The third kappa shape index (κ3) is 3.61. The van der Waals surface area contributed by atoms with Gasteiger partial charge in [0.15, 0.2) is 0 Å². The van der Waals surface area contributed by atoms with Gasteiger partial charge in [-0.15, -0.1) is 5.10 Å². The summed E-state index contributed by atoms with van der Waals surface area (Å²) in [6.07, 6.45) is 6.36. The zero-order valence-electron chi connectivity index (χ0n) is 14.8. The molecule has 5 nitrogen and oxygen atoms in total. The van der Waals surface area contributed by atoms with Gasteiger partial charge in [-0.2, -0.15) is 0 Å². The minimum Gasteiger partial charge on any atom is -0.488 e. The van der Waals surface area contributed by atoms with Gasteiger partial charge in [-0.3, -0.25) is 0 Å². The molecule has 0 saturated heterocycles. The highest BCUT2D eigenvalue weighted by molar-refractivity contribution is 5.48. The van der Waals surface area contributed by atoms with E-state index in [0.29, 0.717) is 12.2 Å². The summed E-state index contributed by atoms with van der Waals surface area (Å²) in [5.41, 5.74) is 4.43. The van der Waals surface area contributed by atoms with Crippen molar-refractivity contribution in [1.29, 1.82) is 0 Å². The van der Waals surface area contributed by atoms with Gasteiger partial charge in [0.05, 0.1) is 18.8 Å². The molecule has 1 aliphatic heterocycles.